The lowest BCUT2D eigenvalue weighted by atomic mass is 10.3. The van der Waals surface area contributed by atoms with E-state index in [0.717, 1.165) is 6.42 Å². The summed E-state index contributed by atoms with van der Waals surface area (Å²) in [6.45, 7) is 4.14. The van der Waals surface area contributed by atoms with Gasteiger partial charge in [-0.15, -0.1) is 11.3 Å². The standard InChI is InChI=1S/C11H19NO3S3/c1-8(16-3)4-5-12-18(14,15)11-6-10(7-13)17-9(11)2/h6,8,12-13H,4-5,7H2,1-3H3. The molecule has 1 aromatic rings. The molecule has 2 N–H and O–H groups in total. The summed E-state index contributed by atoms with van der Waals surface area (Å²) in [4.78, 5) is 1.67. The molecule has 0 radical (unpaired) electrons. The highest BCUT2D eigenvalue weighted by molar-refractivity contribution is 7.99. The third-order valence-electron chi connectivity index (χ3n) is 2.61. The van der Waals surface area contributed by atoms with Crippen molar-refractivity contribution in [1.82, 2.24) is 4.72 Å². The molecule has 104 valence electrons. The monoisotopic (exact) mass is 309 g/mol. The summed E-state index contributed by atoms with van der Waals surface area (Å²) in [5.74, 6) is 0. The predicted molar refractivity (Wildman–Crippen MR) is 77.8 cm³/mol. The molecule has 1 atom stereocenters. The lowest BCUT2D eigenvalue weighted by Crippen LogP contribution is -2.26. The minimum Gasteiger partial charge on any atom is -0.391 e. The Morgan fingerprint density at radius 1 is 1.56 bits per heavy atom. The molecule has 0 aliphatic carbocycles. The molecule has 0 saturated heterocycles. The summed E-state index contributed by atoms with van der Waals surface area (Å²) < 4.78 is 26.7. The number of thiophene rings is 1. The summed E-state index contributed by atoms with van der Waals surface area (Å²) in [7, 11) is -3.44. The van der Waals surface area contributed by atoms with Crippen LogP contribution >= 0.6 is 23.1 Å². The molecular formula is C11H19NO3S3. The summed E-state index contributed by atoms with van der Waals surface area (Å²) in [5, 5.41) is 9.45. The maximum absolute atomic E-state index is 12.1. The van der Waals surface area contributed by atoms with Crippen LogP contribution in [-0.4, -0.2) is 31.6 Å². The molecule has 1 heterocycles. The van der Waals surface area contributed by atoms with E-state index >= 15 is 0 Å². The summed E-state index contributed by atoms with van der Waals surface area (Å²) >= 11 is 3.03. The first-order valence-electron chi connectivity index (χ1n) is 5.63. The van der Waals surface area contributed by atoms with Crippen molar-refractivity contribution in [3.63, 3.8) is 0 Å². The zero-order valence-corrected chi connectivity index (χ0v) is 13.2. The number of nitrogens with one attached hydrogen (secondary N) is 1. The molecule has 1 unspecified atom stereocenters. The van der Waals surface area contributed by atoms with E-state index in [0.29, 0.717) is 21.5 Å². The van der Waals surface area contributed by atoms with Crippen LogP contribution in [0.1, 0.15) is 23.1 Å². The van der Waals surface area contributed by atoms with Crippen LogP contribution in [0.4, 0.5) is 0 Å². The number of rotatable bonds is 7. The van der Waals surface area contributed by atoms with Gasteiger partial charge in [0.15, 0.2) is 0 Å². The third kappa shape index (κ3) is 4.24. The number of hydrogen-bond acceptors (Lipinski definition) is 5. The topological polar surface area (TPSA) is 66.4 Å². The Hall–Kier alpha value is -0.0800. The van der Waals surface area contributed by atoms with Gasteiger partial charge in [-0.2, -0.15) is 11.8 Å². The average molecular weight is 309 g/mol. The van der Waals surface area contributed by atoms with Gasteiger partial charge in [-0.25, -0.2) is 13.1 Å². The normalized spacial score (nSPS) is 13.8. The van der Waals surface area contributed by atoms with Crippen LogP contribution in [0.15, 0.2) is 11.0 Å². The summed E-state index contributed by atoms with van der Waals surface area (Å²) in [6, 6.07) is 1.54. The molecule has 1 rings (SSSR count). The van der Waals surface area contributed by atoms with Gasteiger partial charge >= 0.3 is 0 Å². The summed E-state index contributed by atoms with van der Waals surface area (Å²) in [5.41, 5.74) is 0. The Bertz CT molecular complexity index is 482. The van der Waals surface area contributed by atoms with Crippen LogP contribution in [-0.2, 0) is 16.6 Å². The van der Waals surface area contributed by atoms with E-state index in [9.17, 15) is 8.42 Å². The van der Waals surface area contributed by atoms with Gasteiger partial charge in [0.25, 0.3) is 0 Å². The predicted octanol–water partition coefficient (Wildman–Crippen LogP) is 1.97. The van der Waals surface area contributed by atoms with E-state index in [4.69, 9.17) is 5.11 Å². The number of hydrogen-bond donors (Lipinski definition) is 2. The largest absolute Gasteiger partial charge is 0.391 e. The molecule has 0 bridgehead atoms. The fourth-order valence-corrected chi connectivity index (χ4v) is 4.36. The Kier molecular flexibility index (Phi) is 6.13. The minimum atomic E-state index is -3.44. The fourth-order valence-electron chi connectivity index (χ4n) is 1.46. The zero-order chi connectivity index (χ0) is 13.8. The highest BCUT2D eigenvalue weighted by Crippen LogP contribution is 2.25. The lowest BCUT2D eigenvalue weighted by Gasteiger charge is -2.09. The first kappa shape index (κ1) is 16.0. The quantitative estimate of drug-likeness (QED) is 0.808. The minimum absolute atomic E-state index is 0.121. The van der Waals surface area contributed by atoms with Gasteiger partial charge in [-0.1, -0.05) is 6.92 Å². The van der Waals surface area contributed by atoms with E-state index in [1.165, 1.54) is 11.3 Å². The maximum atomic E-state index is 12.1. The molecule has 0 saturated carbocycles. The molecule has 0 aliphatic heterocycles. The van der Waals surface area contributed by atoms with Crippen LogP contribution in [0.2, 0.25) is 0 Å². The van der Waals surface area contributed by atoms with E-state index in [-0.39, 0.29) is 11.5 Å². The number of aryl methyl sites for hydroxylation is 1. The Morgan fingerprint density at radius 3 is 2.72 bits per heavy atom. The van der Waals surface area contributed by atoms with Gasteiger partial charge in [0.1, 0.15) is 0 Å². The van der Waals surface area contributed by atoms with Gasteiger partial charge in [-0.3, -0.25) is 0 Å². The molecule has 0 amide bonds. The zero-order valence-electron chi connectivity index (χ0n) is 10.8. The van der Waals surface area contributed by atoms with Crippen molar-refractivity contribution < 1.29 is 13.5 Å². The SMILES string of the molecule is CSC(C)CCNS(=O)(=O)c1cc(CO)sc1C. The average Bonchev–Trinajstić information content (AvgIpc) is 2.71. The van der Waals surface area contributed by atoms with E-state index in [1.54, 1.807) is 24.8 Å². The lowest BCUT2D eigenvalue weighted by molar-refractivity contribution is 0.285. The van der Waals surface area contributed by atoms with E-state index in [1.807, 2.05) is 6.26 Å². The van der Waals surface area contributed by atoms with Gasteiger partial charge in [0, 0.05) is 21.5 Å². The van der Waals surface area contributed by atoms with Crippen LogP contribution in [0, 0.1) is 6.92 Å². The molecule has 0 aromatic carbocycles. The summed E-state index contributed by atoms with van der Waals surface area (Å²) in [6.07, 6.45) is 2.81. The van der Waals surface area contributed by atoms with E-state index in [2.05, 4.69) is 11.6 Å². The van der Waals surface area contributed by atoms with Crippen molar-refractivity contribution in [3.05, 3.63) is 15.8 Å². The molecular weight excluding hydrogens is 290 g/mol. The first-order valence-corrected chi connectivity index (χ1v) is 9.22. The smallest absolute Gasteiger partial charge is 0.241 e. The molecule has 4 nitrogen and oxygen atoms in total. The molecule has 18 heavy (non-hydrogen) atoms. The second-order valence-corrected chi connectivity index (χ2v) is 8.38. The molecule has 0 spiro atoms. The van der Waals surface area contributed by atoms with Gasteiger partial charge in [0.05, 0.1) is 11.5 Å². The Labute approximate surface area is 117 Å². The van der Waals surface area contributed by atoms with Gasteiger partial charge in [0.2, 0.25) is 10.0 Å². The number of aliphatic hydroxyl groups is 1. The number of sulfonamides is 1. The van der Waals surface area contributed by atoms with Crippen LogP contribution in [0.5, 0.6) is 0 Å². The number of aliphatic hydroxyl groups excluding tert-OH is 1. The van der Waals surface area contributed by atoms with Crippen LogP contribution in [0.25, 0.3) is 0 Å². The van der Waals surface area contributed by atoms with Crippen molar-refractivity contribution in [2.24, 2.45) is 0 Å². The molecule has 0 aliphatic rings. The highest BCUT2D eigenvalue weighted by atomic mass is 32.2. The van der Waals surface area contributed by atoms with Crippen molar-refractivity contribution in [2.75, 3.05) is 12.8 Å². The second-order valence-electron chi connectivity index (χ2n) is 4.02. The third-order valence-corrected chi connectivity index (χ3v) is 6.41. The maximum Gasteiger partial charge on any atom is 0.241 e. The highest BCUT2D eigenvalue weighted by Gasteiger charge is 2.19. The van der Waals surface area contributed by atoms with Crippen LogP contribution in [0.3, 0.4) is 0 Å². The molecule has 0 fully saturated rings. The van der Waals surface area contributed by atoms with Crippen molar-refractivity contribution >= 4 is 33.1 Å². The van der Waals surface area contributed by atoms with Gasteiger partial charge < -0.3 is 5.11 Å². The van der Waals surface area contributed by atoms with Crippen molar-refractivity contribution in [3.8, 4) is 0 Å². The Morgan fingerprint density at radius 2 is 2.22 bits per heavy atom. The van der Waals surface area contributed by atoms with Crippen molar-refractivity contribution in [2.45, 2.75) is 37.0 Å². The number of thioether (sulfide) groups is 1. The van der Waals surface area contributed by atoms with Gasteiger partial charge in [-0.05, 0) is 25.7 Å². The van der Waals surface area contributed by atoms with E-state index < -0.39 is 10.0 Å². The molecule has 7 heteroatoms. The fraction of sp³-hybridized carbons (Fsp3) is 0.636. The second kappa shape index (κ2) is 6.91. The van der Waals surface area contributed by atoms with Crippen LogP contribution < -0.4 is 4.72 Å². The van der Waals surface area contributed by atoms with Crippen molar-refractivity contribution in [1.29, 1.82) is 0 Å². The first-order chi connectivity index (χ1) is 8.40. The Balaban J connectivity index is 2.71. The molecule has 1 aromatic heterocycles.